The zero-order valence-electron chi connectivity index (χ0n) is 14.6. The molecule has 25 heavy (non-hydrogen) atoms. The maximum absolute atomic E-state index is 13.3. The van der Waals surface area contributed by atoms with Crippen LogP contribution in [0.25, 0.3) is 0 Å². The minimum atomic E-state index is -0.208. The third-order valence-electron chi connectivity index (χ3n) is 4.97. The molecule has 134 valence electrons. The molecule has 4 heteroatoms. The first-order valence-corrected chi connectivity index (χ1v) is 9.14. The van der Waals surface area contributed by atoms with Crippen LogP contribution >= 0.6 is 0 Å². The van der Waals surface area contributed by atoms with Crippen LogP contribution in [0.5, 0.6) is 0 Å². The molecule has 0 bridgehead atoms. The first-order chi connectivity index (χ1) is 12.2. The van der Waals surface area contributed by atoms with Crippen molar-refractivity contribution < 1.29 is 8.78 Å². The van der Waals surface area contributed by atoms with Crippen LogP contribution < -0.4 is 5.32 Å². The van der Waals surface area contributed by atoms with E-state index in [1.165, 1.54) is 24.3 Å². The summed E-state index contributed by atoms with van der Waals surface area (Å²) in [6, 6.07) is 13.6. The van der Waals surface area contributed by atoms with Crippen molar-refractivity contribution in [2.75, 3.05) is 32.7 Å². The lowest BCUT2D eigenvalue weighted by Gasteiger charge is -2.28. The topological polar surface area (TPSA) is 15.3 Å². The summed E-state index contributed by atoms with van der Waals surface area (Å²) in [6.07, 6.45) is 3.02. The summed E-state index contributed by atoms with van der Waals surface area (Å²) in [5, 5.41) is 3.37. The number of piperazine rings is 1. The van der Waals surface area contributed by atoms with Crippen LogP contribution in [0.4, 0.5) is 8.78 Å². The summed E-state index contributed by atoms with van der Waals surface area (Å²) in [5.74, 6) is -0.0835. The highest BCUT2D eigenvalue weighted by Crippen LogP contribution is 2.26. The van der Waals surface area contributed by atoms with Crippen molar-refractivity contribution in [1.82, 2.24) is 10.2 Å². The van der Waals surface area contributed by atoms with Gasteiger partial charge in [0.2, 0.25) is 0 Å². The molecule has 0 saturated carbocycles. The Hall–Kier alpha value is -1.78. The quantitative estimate of drug-likeness (QED) is 0.817. The molecule has 1 aliphatic rings. The van der Waals surface area contributed by atoms with Crippen LogP contribution in [0.1, 0.15) is 29.9 Å². The summed E-state index contributed by atoms with van der Waals surface area (Å²) >= 11 is 0. The lowest BCUT2D eigenvalue weighted by atomic mass is 9.88. The van der Waals surface area contributed by atoms with Gasteiger partial charge in [-0.15, -0.1) is 0 Å². The predicted octanol–water partition coefficient (Wildman–Crippen LogP) is 3.98. The van der Waals surface area contributed by atoms with Gasteiger partial charge in [-0.1, -0.05) is 24.3 Å². The average molecular weight is 344 g/mol. The normalized spacial score (nSPS) is 16.7. The Morgan fingerprint density at radius 1 is 0.880 bits per heavy atom. The van der Waals surface area contributed by atoms with Gasteiger partial charge in [-0.2, -0.15) is 0 Å². The third kappa shape index (κ3) is 5.62. The smallest absolute Gasteiger partial charge is 0.123 e. The van der Waals surface area contributed by atoms with Crippen LogP contribution in [-0.2, 0) is 6.42 Å². The van der Waals surface area contributed by atoms with Gasteiger partial charge in [0.15, 0.2) is 0 Å². The SMILES string of the molecule is Fc1ccc(CC(CCCN2CCNCC2)c2ccc(F)cc2)cc1. The van der Waals surface area contributed by atoms with E-state index in [1.807, 2.05) is 24.3 Å². The first-order valence-electron chi connectivity index (χ1n) is 9.14. The van der Waals surface area contributed by atoms with Crippen molar-refractivity contribution in [2.45, 2.75) is 25.2 Å². The predicted molar refractivity (Wildman–Crippen MR) is 97.8 cm³/mol. The molecule has 0 spiro atoms. The van der Waals surface area contributed by atoms with E-state index in [0.29, 0.717) is 5.92 Å². The Balaban J connectivity index is 1.63. The number of hydrogen-bond donors (Lipinski definition) is 1. The van der Waals surface area contributed by atoms with E-state index in [4.69, 9.17) is 0 Å². The second kappa shape index (κ2) is 9.07. The lowest BCUT2D eigenvalue weighted by Crippen LogP contribution is -2.43. The minimum absolute atomic E-state index is 0.204. The molecule has 2 aromatic rings. The highest BCUT2D eigenvalue weighted by Gasteiger charge is 2.15. The summed E-state index contributed by atoms with van der Waals surface area (Å²) in [7, 11) is 0. The maximum atomic E-state index is 13.3. The number of nitrogens with one attached hydrogen (secondary N) is 1. The van der Waals surface area contributed by atoms with Crippen molar-refractivity contribution in [3.63, 3.8) is 0 Å². The molecule has 1 aliphatic heterocycles. The molecule has 0 amide bonds. The Labute approximate surface area is 148 Å². The van der Waals surface area contributed by atoms with Gasteiger partial charge in [-0.25, -0.2) is 8.78 Å². The van der Waals surface area contributed by atoms with Crippen LogP contribution in [-0.4, -0.2) is 37.6 Å². The van der Waals surface area contributed by atoms with Gasteiger partial charge in [0.05, 0.1) is 0 Å². The van der Waals surface area contributed by atoms with Gasteiger partial charge in [-0.3, -0.25) is 0 Å². The molecule has 1 heterocycles. The molecule has 0 aliphatic carbocycles. The van der Waals surface area contributed by atoms with E-state index in [-0.39, 0.29) is 11.6 Å². The fourth-order valence-corrected chi connectivity index (χ4v) is 3.52. The molecule has 1 unspecified atom stereocenters. The van der Waals surface area contributed by atoms with Gasteiger partial charge in [0, 0.05) is 26.2 Å². The third-order valence-corrected chi connectivity index (χ3v) is 4.97. The van der Waals surface area contributed by atoms with E-state index < -0.39 is 0 Å². The van der Waals surface area contributed by atoms with Gasteiger partial charge < -0.3 is 10.2 Å². The Kier molecular flexibility index (Phi) is 6.54. The number of benzene rings is 2. The highest BCUT2D eigenvalue weighted by molar-refractivity contribution is 5.25. The van der Waals surface area contributed by atoms with Gasteiger partial charge >= 0.3 is 0 Å². The van der Waals surface area contributed by atoms with Crippen molar-refractivity contribution in [3.8, 4) is 0 Å². The monoisotopic (exact) mass is 344 g/mol. The van der Waals surface area contributed by atoms with Crippen LogP contribution in [0.15, 0.2) is 48.5 Å². The van der Waals surface area contributed by atoms with E-state index in [0.717, 1.165) is 63.1 Å². The molecule has 3 rings (SSSR count). The fraction of sp³-hybridized carbons (Fsp3) is 0.429. The van der Waals surface area contributed by atoms with E-state index >= 15 is 0 Å². The molecule has 0 aromatic heterocycles. The average Bonchev–Trinajstić information content (AvgIpc) is 2.64. The van der Waals surface area contributed by atoms with E-state index in [2.05, 4.69) is 10.2 Å². The molecule has 0 radical (unpaired) electrons. The summed E-state index contributed by atoms with van der Waals surface area (Å²) in [6.45, 7) is 5.45. The number of hydrogen-bond acceptors (Lipinski definition) is 2. The van der Waals surface area contributed by atoms with Crippen LogP contribution in [0, 0.1) is 11.6 Å². The summed E-state index contributed by atoms with van der Waals surface area (Å²) < 4.78 is 26.4. The molecule has 1 atom stereocenters. The second-order valence-corrected chi connectivity index (χ2v) is 6.81. The molecular weight excluding hydrogens is 318 g/mol. The first kappa shape index (κ1) is 18.0. The number of nitrogens with zero attached hydrogens (tertiary/aromatic N) is 1. The largest absolute Gasteiger partial charge is 0.314 e. The molecule has 2 nitrogen and oxygen atoms in total. The second-order valence-electron chi connectivity index (χ2n) is 6.81. The van der Waals surface area contributed by atoms with E-state index in [1.54, 1.807) is 0 Å². The lowest BCUT2D eigenvalue weighted by molar-refractivity contribution is 0.234. The Morgan fingerprint density at radius 2 is 1.48 bits per heavy atom. The number of halogens is 2. The molecule has 1 fully saturated rings. The van der Waals surface area contributed by atoms with Crippen molar-refractivity contribution in [3.05, 3.63) is 71.3 Å². The zero-order valence-corrected chi connectivity index (χ0v) is 14.6. The summed E-state index contributed by atoms with van der Waals surface area (Å²) in [4.78, 5) is 2.50. The highest BCUT2D eigenvalue weighted by atomic mass is 19.1. The standard InChI is InChI=1S/C21H26F2N2/c22-20-7-3-17(4-8-20)16-19(18-5-9-21(23)10-6-18)2-1-13-25-14-11-24-12-15-25/h3-10,19,24H,1-2,11-16H2. The number of rotatable bonds is 7. The van der Waals surface area contributed by atoms with E-state index in [9.17, 15) is 8.78 Å². The van der Waals surface area contributed by atoms with Crippen molar-refractivity contribution in [2.24, 2.45) is 0 Å². The van der Waals surface area contributed by atoms with Gasteiger partial charge in [-0.05, 0) is 67.1 Å². The van der Waals surface area contributed by atoms with Crippen molar-refractivity contribution >= 4 is 0 Å². The summed E-state index contributed by atoms with van der Waals surface area (Å²) in [5.41, 5.74) is 2.28. The maximum Gasteiger partial charge on any atom is 0.123 e. The fourth-order valence-electron chi connectivity index (χ4n) is 3.52. The molecule has 1 N–H and O–H groups in total. The zero-order chi connectivity index (χ0) is 17.5. The van der Waals surface area contributed by atoms with Gasteiger partial charge in [0.1, 0.15) is 11.6 Å². The van der Waals surface area contributed by atoms with Crippen LogP contribution in [0.2, 0.25) is 0 Å². The molecule has 1 saturated heterocycles. The Bertz CT molecular complexity index is 634. The van der Waals surface area contributed by atoms with Crippen molar-refractivity contribution in [1.29, 1.82) is 0 Å². The van der Waals surface area contributed by atoms with Crippen LogP contribution in [0.3, 0.4) is 0 Å². The molecule has 2 aromatic carbocycles. The molecular formula is C21H26F2N2. The Morgan fingerprint density at radius 3 is 2.12 bits per heavy atom. The minimum Gasteiger partial charge on any atom is -0.314 e. The van der Waals surface area contributed by atoms with Gasteiger partial charge in [0.25, 0.3) is 0 Å².